The fraction of sp³-hybridized carbons (Fsp3) is 0.458. The van der Waals surface area contributed by atoms with E-state index in [1.165, 1.54) is 23.3 Å². The highest BCUT2D eigenvalue weighted by molar-refractivity contribution is 7.90. The van der Waals surface area contributed by atoms with Crippen LogP contribution in [0.4, 0.5) is 14.6 Å². The molecule has 202 valence electrons. The van der Waals surface area contributed by atoms with Crippen molar-refractivity contribution in [2.75, 3.05) is 5.32 Å². The third kappa shape index (κ3) is 5.10. The predicted octanol–water partition coefficient (Wildman–Crippen LogP) is 3.14. The molecule has 5 rings (SSSR count). The minimum atomic E-state index is -3.49. The van der Waals surface area contributed by atoms with E-state index in [4.69, 9.17) is 5.73 Å². The van der Waals surface area contributed by atoms with E-state index >= 15 is 0 Å². The smallest absolute Gasteiger partial charge is 0.257 e. The van der Waals surface area contributed by atoms with Crippen LogP contribution >= 0.6 is 0 Å². The highest BCUT2D eigenvalue weighted by atomic mass is 32.2. The zero-order valence-electron chi connectivity index (χ0n) is 21.0. The standard InChI is InChI=1S/C24H29F2N9O2S/c1-3-15(2)24(27)10-22(29-12-18(24)19-7-9-34(33-19)14-20(25)26)31-21-6-8-28-23(32-21)16-11-30-35(13-16)38(36,37)17-4-5-17/h6-9,11-13,15,17,20H,3-5,10,14,27H2,1-2H3,(H,28,29,31,32). The zero-order chi connectivity index (χ0) is 27.1. The molecule has 0 radical (unpaired) electrons. The molecule has 0 bridgehead atoms. The highest BCUT2D eigenvalue weighted by Crippen LogP contribution is 2.38. The molecule has 1 aliphatic carbocycles. The van der Waals surface area contributed by atoms with Crippen LogP contribution in [0.15, 0.2) is 48.1 Å². The van der Waals surface area contributed by atoms with Gasteiger partial charge in [-0.15, -0.1) is 0 Å². The molecule has 14 heteroatoms. The van der Waals surface area contributed by atoms with Gasteiger partial charge in [0.15, 0.2) is 5.82 Å². The molecule has 2 atom stereocenters. The lowest BCUT2D eigenvalue weighted by atomic mass is 9.73. The van der Waals surface area contributed by atoms with Crippen molar-refractivity contribution in [3.63, 3.8) is 0 Å². The molecule has 0 amide bonds. The summed E-state index contributed by atoms with van der Waals surface area (Å²) in [7, 11) is -3.49. The van der Waals surface area contributed by atoms with Gasteiger partial charge in [0.25, 0.3) is 16.4 Å². The fourth-order valence-electron chi connectivity index (χ4n) is 4.41. The number of anilines is 1. The first kappa shape index (κ1) is 26.1. The lowest BCUT2D eigenvalue weighted by Gasteiger charge is -2.39. The van der Waals surface area contributed by atoms with Crippen molar-refractivity contribution in [3.8, 4) is 11.4 Å². The Morgan fingerprint density at radius 3 is 2.79 bits per heavy atom. The third-order valence-corrected chi connectivity index (χ3v) is 9.03. The van der Waals surface area contributed by atoms with Crippen LogP contribution in [0.5, 0.6) is 0 Å². The summed E-state index contributed by atoms with van der Waals surface area (Å²) in [5.41, 5.74) is 7.76. The molecular formula is C24H29F2N9O2S. The number of amidine groups is 1. The first-order valence-electron chi connectivity index (χ1n) is 12.4. The van der Waals surface area contributed by atoms with E-state index in [1.54, 1.807) is 24.5 Å². The summed E-state index contributed by atoms with van der Waals surface area (Å²) in [6.07, 6.45) is 7.43. The average Bonchev–Trinajstić information content (AvgIpc) is 3.46. The molecule has 3 N–H and O–H groups in total. The Morgan fingerprint density at radius 2 is 2.08 bits per heavy atom. The van der Waals surface area contributed by atoms with Crippen LogP contribution in [-0.4, -0.2) is 60.4 Å². The maximum Gasteiger partial charge on any atom is 0.257 e. The molecule has 0 saturated heterocycles. The Morgan fingerprint density at radius 1 is 1.29 bits per heavy atom. The average molecular weight is 546 g/mol. The van der Waals surface area contributed by atoms with Crippen molar-refractivity contribution in [2.24, 2.45) is 16.6 Å². The maximum absolute atomic E-state index is 12.8. The first-order valence-corrected chi connectivity index (χ1v) is 13.9. The topological polar surface area (TPSA) is 146 Å². The molecule has 1 saturated carbocycles. The van der Waals surface area contributed by atoms with Gasteiger partial charge in [0, 0.05) is 30.6 Å². The second-order valence-corrected chi connectivity index (χ2v) is 11.8. The number of nitrogens with two attached hydrogens (primary N) is 1. The summed E-state index contributed by atoms with van der Waals surface area (Å²) >= 11 is 0. The summed E-state index contributed by atoms with van der Waals surface area (Å²) in [4.78, 5) is 13.3. The van der Waals surface area contributed by atoms with Gasteiger partial charge in [-0.05, 0) is 30.9 Å². The lowest BCUT2D eigenvalue weighted by Crippen LogP contribution is -2.51. The van der Waals surface area contributed by atoms with Gasteiger partial charge in [0.2, 0.25) is 0 Å². The van der Waals surface area contributed by atoms with Gasteiger partial charge in [0.1, 0.15) is 18.2 Å². The van der Waals surface area contributed by atoms with Gasteiger partial charge in [-0.2, -0.15) is 14.3 Å². The largest absolute Gasteiger partial charge is 0.328 e. The van der Waals surface area contributed by atoms with Gasteiger partial charge in [-0.1, -0.05) is 20.3 Å². The van der Waals surface area contributed by atoms with Crippen LogP contribution in [0.2, 0.25) is 0 Å². The molecule has 0 spiro atoms. The summed E-state index contributed by atoms with van der Waals surface area (Å²) in [5, 5.41) is 11.1. The van der Waals surface area contributed by atoms with Crippen molar-refractivity contribution < 1.29 is 17.2 Å². The van der Waals surface area contributed by atoms with Crippen molar-refractivity contribution in [3.05, 3.63) is 48.8 Å². The van der Waals surface area contributed by atoms with Crippen molar-refractivity contribution in [1.29, 1.82) is 0 Å². The van der Waals surface area contributed by atoms with Crippen molar-refractivity contribution in [1.82, 2.24) is 28.9 Å². The summed E-state index contributed by atoms with van der Waals surface area (Å²) < 4.78 is 52.7. The Labute approximate surface area is 218 Å². The molecule has 11 nitrogen and oxygen atoms in total. The number of aliphatic imine (C=N–C) groups is 1. The van der Waals surface area contributed by atoms with Gasteiger partial charge < -0.3 is 11.1 Å². The van der Waals surface area contributed by atoms with Gasteiger partial charge in [-0.3, -0.25) is 4.68 Å². The molecule has 3 aromatic heterocycles. The molecule has 0 aromatic carbocycles. The van der Waals surface area contributed by atoms with Gasteiger partial charge in [-0.25, -0.2) is 32.2 Å². The zero-order valence-corrected chi connectivity index (χ0v) is 21.8. The van der Waals surface area contributed by atoms with Crippen LogP contribution in [0.25, 0.3) is 17.0 Å². The second-order valence-electron chi connectivity index (χ2n) is 9.70. The summed E-state index contributed by atoms with van der Waals surface area (Å²) in [5.74, 6) is 1.36. The van der Waals surface area contributed by atoms with Gasteiger partial charge in [0.05, 0.1) is 34.4 Å². The van der Waals surface area contributed by atoms with E-state index in [9.17, 15) is 17.2 Å². The van der Waals surface area contributed by atoms with E-state index in [0.29, 0.717) is 53.6 Å². The van der Waals surface area contributed by atoms with Crippen molar-refractivity contribution in [2.45, 2.75) is 63.3 Å². The summed E-state index contributed by atoms with van der Waals surface area (Å²) in [6, 6.07) is 3.34. The minimum absolute atomic E-state index is 0.0292. The highest BCUT2D eigenvalue weighted by Gasteiger charge is 2.40. The maximum atomic E-state index is 12.8. The normalized spacial score (nSPS) is 20.8. The quantitative estimate of drug-likeness (QED) is 0.417. The van der Waals surface area contributed by atoms with E-state index in [0.717, 1.165) is 10.5 Å². The SMILES string of the molecule is CCC(C)C1(N)CC(Nc2ccnc(-c3cnn(S(=O)(=O)C4CC4)c3)n2)=NC=C1c1ccn(CC(F)F)n1. The molecule has 1 fully saturated rings. The molecule has 2 aliphatic rings. The molecular weight excluding hydrogens is 516 g/mol. The number of nitrogens with zero attached hydrogens (tertiary/aromatic N) is 7. The number of halogens is 2. The number of nitrogens with one attached hydrogen (secondary N) is 1. The minimum Gasteiger partial charge on any atom is -0.328 e. The molecule has 3 aromatic rings. The molecule has 4 heterocycles. The Bertz CT molecular complexity index is 1490. The molecule has 2 unspecified atom stereocenters. The van der Waals surface area contributed by atoms with Crippen LogP contribution in [0.1, 0.15) is 45.2 Å². The van der Waals surface area contributed by atoms with Crippen LogP contribution in [-0.2, 0) is 16.6 Å². The van der Waals surface area contributed by atoms with E-state index < -0.39 is 28.5 Å². The van der Waals surface area contributed by atoms with E-state index in [1.807, 2.05) is 13.8 Å². The van der Waals surface area contributed by atoms with E-state index in [2.05, 4.69) is 30.5 Å². The lowest BCUT2D eigenvalue weighted by molar-refractivity contribution is 0.121. The molecule has 38 heavy (non-hydrogen) atoms. The second kappa shape index (κ2) is 9.98. The number of hydrogen-bond donors (Lipinski definition) is 2. The Kier molecular flexibility index (Phi) is 6.86. The van der Waals surface area contributed by atoms with Crippen LogP contribution < -0.4 is 11.1 Å². The third-order valence-electron chi connectivity index (χ3n) is 7.00. The fourth-order valence-corrected chi connectivity index (χ4v) is 5.88. The van der Waals surface area contributed by atoms with E-state index in [-0.39, 0.29) is 11.2 Å². The van der Waals surface area contributed by atoms with Crippen LogP contribution in [0.3, 0.4) is 0 Å². The first-order chi connectivity index (χ1) is 18.1. The monoisotopic (exact) mass is 545 g/mol. The van der Waals surface area contributed by atoms with Crippen molar-refractivity contribution >= 4 is 27.2 Å². The predicted molar refractivity (Wildman–Crippen MR) is 139 cm³/mol. The number of aromatic nitrogens is 6. The van der Waals surface area contributed by atoms with Crippen LogP contribution in [0, 0.1) is 5.92 Å². The number of rotatable bonds is 9. The Hall–Kier alpha value is -3.52. The number of alkyl halides is 2. The summed E-state index contributed by atoms with van der Waals surface area (Å²) in [6.45, 7) is 3.57. The molecule has 1 aliphatic heterocycles. The Balaban J connectivity index is 1.39. The van der Waals surface area contributed by atoms with Gasteiger partial charge >= 0.3 is 0 Å². The number of hydrogen-bond acceptors (Lipinski definition) is 9.